The third-order valence-electron chi connectivity index (χ3n) is 2.70. The standard InChI is InChI=1S/C12H27NO2/c1-11(2)12(10-13-3)6-5-7-15-9-8-14-4/h11-13H,5-10H2,1-4H3. The molecule has 0 spiro atoms. The summed E-state index contributed by atoms with van der Waals surface area (Å²) in [5, 5.41) is 3.25. The SMILES string of the molecule is CNCC(CCCOCCOC)C(C)C. The first kappa shape index (κ1) is 14.9. The largest absolute Gasteiger partial charge is 0.382 e. The van der Waals surface area contributed by atoms with Gasteiger partial charge in [-0.15, -0.1) is 0 Å². The summed E-state index contributed by atoms with van der Waals surface area (Å²) in [6.07, 6.45) is 2.39. The van der Waals surface area contributed by atoms with Gasteiger partial charge < -0.3 is 14.8 Å². The van der Waals surface area contributed by atoms with Crippen molar-refractivity contribution in [2.45, 2.75) is 26.7 Å². The van der Waals surface area contributed by atoms with Gasteiger partial charge in [0.2, 0.25) is 0 Å². The van der Waals surface area contributed by atoms with Crippen LogP contribution in [0.2, 0.25) is 0 Å². The van der Waals surface area contributed by atoms with Crippen molar-refractivity contribution in [1.29, 1.82) is 0 Å². The number of methoxy groups -OCH3 is 1. The summed E-state index contributed by atoms with van der Waals surface area (Å²) >= 11 is 0. The maximum Gasteiger partial charge on any atom is 0.0700 e. The first-order valence-electron chi connectivity index (χ1n) is 5.93. The van der Waals surface area contributed by atoms with Gasteiger partial charge >= 0.3 is 0 Å². The molecule has 0 heterocycles. The highest BCUT2D eigenvalue weighted by atomic mass is 16.5. The first-order valence-corrected chi connectivity index (χ1v) is 5.93. The highest BCUT2D eigenvalue weighted by molar-refractivity contribution is 4.64. The average molecular weight is 217 g/mol. The number of nitrogens with one attached hydrogen (secondary N) is 1. The molecule has 3 nitrogen and oxygen atoms in total. The van der Waals surface area contributed by atoms with E-state index in [0.717, 1.165) is 38.0 Å². The minimum Gasteiger partial charge on any atom is -0.382 e. The van der Waals surface area contributed by atoms with Crippen molar-refractivity contribution in [3.05, 3.63) is 0 Å². The van der Waals surface area contributed by atoms with E-state index in [2.05, 4.69) is 19.2 Å². The van der Waals surface area contributed by atoms with Crippen LogP contribution in [0.3, 0.4) is 0 Å². The molecule has 0 aromatic heterocycles. The van der Waals surface area contributed by atoms with Gasteiger partial charge in [0.15, 0.2) is 0 Å². The van der Waals surface area contributed by atoms with Crippen LogP contribution in [0, 0.1) is 11.8 Å². The Bertz CT molecular complexity index is 129. The molecule has 1 N–H and O–H groups in total. The predicted octanol–water partition coefficient (Wildman–Crippen LogP) is 1.92. The Morgan fingerprint density at radius 3 is 2.40 bits per heavy atom. The zero-order valence-electron chi connectivity index (χ0n) is 10.7. The first-order chi connectivity index (χ1) is 7.22. The van der Waals surface area contributed by atoms with Crippen LogP contribution in [0.15, 0.2) is 0 Å². The quantitative estimate of drug-likeness (QED) is 0.567. The molecule has 0 aromatic carbocycles. The van der Waals surface area contributed by atoms with Crippen molar-refractivity contribution in [2.24, 2.45) is 11.8 Å². The number of hydrogen-bond acceptors (Lipinski definition) is 3. The lowest BCUT2D eigenvalue weighted by Gasteiger charge is -2.20. The third kappa shape index (κ3) is 8.85. The Balaban J connectivity index is 3.37. The van der Waals surface area contributed by atoms with Gasteiger partial charge in [-0.1, -0.05) is 13.8 Å². The normalized spacial score (nSPS) is 13.4. The van der Waals surface area contributed by atoms with Crippen LogP contribution < -0.4 is 5.32 Å². The molecule has 0 saturated carbocycles. The summed E-state index contributed by atoms with van der Waals surface area (Å²) in [5.74, 6) is 1.51. The lowest BCUT2D eigenvalue weighted by Crippen LogP contribution is -2.23. The molecule has 0 fully saturated rings. The monoisotopic (exact) mass is 217 g/mol. The summed E-state index contributed by atoms with van der Waals surface area (Å²) in [6, 6.07) is 0. The van der Waals surface area contributed by atoms with Gasteiger partial charge in [-0.25, -0.2) is 0 Å². The van der Waals surface area contributed by atoms with Crippen LogP contribution in [0.4, 0.5) is 0 Å². The van der Waals surface area contributed by atoms with Gasteiger partial charge in [0, 0.05) is 13.7 Å². The molecule has 0 saturated heterocycles. The summed E-state index contributed by atoms with van der Waals surface area (Å²) in [4.78, 5) is 0. The average Bonchev–Trinajstić information content (AvgIpc) is 2.21. The zero-order valence-corrected chi connectivity index (χ0v) is 10.7. The second-order valence-electron chi connectivity index (χ2n) is 4.31. The molecule has 0 amide bonds. The molecule has 15 heavy (non-hydrogen) atoms. The molecule has 0 rings (SSSR count). The molecular formula is C12H27NO2. The van der Waals surface area contributed by atoms with Crippen LogP contribution >= 0.6 is 0 Å². The van der Waals surface area contributed by atoms with E-state index < -0.39 is 0 Å². The fraction of sp³-hybridized carbons (Fsp3) is 1.00. The Morgan fingerprint density at radius 2 is 1.87 bits per heavy atom. The van der Waals surface area contributed by atoms with Crippen molar-refractivity contribution >= 4 is 0 Å². The lowest BCUT2D eigenvalue weighted by atomic mass is 9.91. The third-order valence-corrected chi connectivity index (χ3v) is 2.70. The molecule has 0 radical (unpaired) electrons. The maximum absolute atomic E-state index is 5.44. The van der Waals surface area contributed by atoms with Crippen molar-refractivity contribution in [2.75, 3.05) is 40.5 Å². The molecule has 3 heteroatoms. The predicted molar refractivity (Wildman–Crippen MR) is 64.2 cm³/mol. The second kappa shape index (κ2) is 10.4. The van der Waals surface area contributed by atoms with Gasteiger partial charge in [-0.2, -0.15) is 0 Å². The summed E-state index contributed by atoms with van der Waals surface area (Å²) < 4.78 is 10.3. The van der Waals surface area contributed by atoms with E-state index in [1.807, 2.05) is 7.05 Å². The molecule has 0 aliphatic carbocycles. The number of hydrogen-bond donors (Lipinski definition) is 1. The second-order valence-corrected chi connectivity index (χ2v) is 4.31. The van der Waals surface area contributed by atoms with E-state index in [0.29, 0.717) is 6.61 Å². The minimum absolute atomic E-state index is 0.699. The molecule has 92 valence electrons. The molecule has 0 aliphatic rings. The molecule has 1 unspecified atom stereocenters. The van der Waals surface area contributed by atoms with Crippen LogP contribution in [0.5, 0.6) is 0 Å². The summed E-state index contributed by atoms with van der Waals surface area (Å²) in [6.45, 7) is 7.95. The lowest BCUT2D eigenvalue weighted by molar-refractivity contribution is 0.0663. The van der Waals surface area contributed by atoms with Crippen LogP contribution in [0.25, 0.3) is 0 Å². The fourth-order valence-electron chi connectivity index (χ4n) is 1.63. The summed E-state index contributed by atoms with van der Waals surface area (Å²) in [5.41, 5.74) is 0. The van der Waals surface area contributed by atoms with Gasteiger partial charge in [-0.3, -0.25) is 0 Å². The molecule has 0 bridgehead atoms. The Hall–Kier alpha value is -0.120. The van der Waals surface area contributed by atoms with E-state index in [1.165, 1.54) is 6.42 Å². The van der Waals surface area contributed by atoms with Crippen molar-refractivity contribution < 1.29 is 9.47 Å². The van der Waals surface area contributed by atoms with Crippen molar-refractivity contribution in [3.63, 3.8) is 0 Å². The highest BCUT2D eigenvalue weighted by Gasteiger charge is 2.11. The molecular weight excluding hydrogens is 190 g/mol. The van der Waals surface area contributed by atoms with Gasteiger partial charge in [-0.05, 0) is 38.3 Å². The van der Waals surface area contributed by atoms with Crippen molar-refractivity contribution in [1.82, 2.24) is 5.32 Å². The van der Waals surface area contributed by atoms with Crippen LogP contribution in [-0.4, -0.2) is 40.5 Å². The van der Waals surface area contributed by atoms with Gasteiger partial charge in [0.05, 0.1) is 13.2 Å². The van der Waals surface area contributed by atoms with E-state index in [4.69, 9.17) is 9.47 Å². The smallest absolute Gasteiger partial charge is 0.0700 e. The van der Waals surface area contributed by atoms with E-state index in [9.17, 15) is 0 Å². The zero-order chi connectivity index (χ0) is 11.5. The summed E-state index contributed by atoms with van der Waals surface area (Å²) in [7, 11) is 3.72. The number of ether oxygens (including phenoxy) is 2. The van der Waals surface area contributed by atoms with E-state index in [1.54, 1.807) is 7.11 Å². The topological polar surface area (TPSA) is 30.5 Å². The van der Waals surface area contributed by atoms with E-state index in [-0.39, 0.29) is 0 Å². The highest BCUT2D eigenvalue weighted by Crippen LogP contribution is 2.15. The van der Waals surface area contributed by atoms with Crippen molar-refractivity contribution in [3.8, 4) is 0 Å². The molecule has 0 aromatic rings. The molecule has 0 aliphatic heterocycles. The Morgan fingerprint density at radius 1 is 1.13 bits per heavy atom. The van der Waals surface area contributed by atoms with Gasteiger partial charge in [0.25, 0.3) is 0 Å². The van der Waals surface area contributed by atoms with Crippen LogP contribution in [0.1, 0.15) is 26.7 Å². The Labute approximate surface area is 94.5 Å². The van der Waals surface area contributed by atoms with E-state index >= 15 is 0 Å². The van der Waals surface area contributed by atoms with Crippen LogP contribution in [-0.2, 0) is 9.47 Å². The maximum atomic E-state index is 5.44. The van der Waals surface area contributed by atoms with Gasteiger partial charge in [0.1, 0.15) is 0 Å². The number of rotatable bonds is 10. The molecule has 1 atom stereocenters. The fourth-order valence-corrected chi connectivity index (χ4v) is 1.63. The Kier molecular flexibility index (Phi) is 10.3. The minimum atomic E-state index is 0.699.